The van der Waals surface area contributed by atoms with Gasteiger partial charge >= 0.3 is 5.97 Å². The fourth-order valence-corrected chi connectivity index (χ4v) is 4.71. The van der Waals surface area contributed by atoms with Gasteiger partial charge in [0.1, 0.15) is 6.61 Å². The molecule has 0 aromatic heterocycles. The van der Waals surface area contributed by atoms with Gasteiger partial charge in [0.15, 0.2) is 23.3 Å². The van der Waals surface area contributed by atoms with E-state index in [1.807, 2.05) is 85.8 Å². The Labute approximate surface area is 290 Å². The number of anilines is 1. The number of rotatable bonds is 10. The fourth-order valence-electron chi connectivity index (χ4n) is 4.39. The molecule has 0 aliphatic rings. The van der Waals surface area contributed by atoms with Gasteiger partial charge in [0.25, 0.3) is 0 Å². The molecule has 0 aliphatic carbocycles. The zero-order valence-corrected chi connectivity index (χ0v) is 27.7. The lowest BCUT2D eigenvalue weighted by atomic mass is 10.1. The van der Waals surface area contributed by atoms with E-state index in [1.54, 1.807) is 29.2 Å². The van der Waals surface area contributed by atoms with Crippen molar-refractivity contribution in [1.82, 2.24) is 5.32 Å². The first-order valence-electron chi connectivity index (χ1n) is 14.8. The van der Waals surface area contributed by atoms with Crippen molar-refractivity contribution in [2.75, 3.05) is 11.4 Å². The van der Waals surface area contributed by atoms with Gasteiger partial charge in [0.2, 0.25) is 11.7 Å². The summed E-state index contributed by atoms with van der Waals surface area (Å²) in [6.07, 6.45) is 0. The monoisotopic (exact) mass is 712 g/mol. The first kappa shape index (κ1) is 37.1. The molecule has 0 heterocycles. The maximum atomic E-state index is 13.3. The third-order valence-electron chi connectivity index (χ3n) is 7.10. The zero-order valence-electron chi connectivity index (χ0n) is 26.0. The molecule has 0 aliphatic heterocycles. The van der Waals surface area contributed by atoms with Gasteiger partial charge in [-0.1, -0.05) is 83.9 Å². The second-order valence-corrected chi connectivity index (χ2v) is 11.6. The summed E-state index contributed by atoms with van der Waals surface area (Å²) in [5, 5.41) is 3.90. The minimum absolute atomic E-state index is 0.0751. The smallest absolute Gasteiger partial charge is 0.338 e. The SMILES string of the molecule is Cc1ccc(CN(C(=O)CNCc2ccc(Cl)cc2)c2ccc(C(=O)OCc3ccccc3)cc2)cc1.Fc1c(F)c(F)c(S)c(F)c1F. The van der Waals surface area contributed by atoms with Gasteiger partial charge in [-0.2, -0.15) is 0 Å². The fraction of sp³-hybridized carbons (Fsp3) is 0.135. The molecule has 5 nitrogen and oxygen atoms in total. The van der Waals surface area contributed by atoms with Crippen LogP contribution in [0.1, 0.15) is 32.6 Å². The van der Waals surface area contributed by atoms with E-state index in [4.69, 9.17) is 16.3 Å². The first-order chi connectivity index (χ1) is 23.4. The van der Waals surface area contributed by atoms with Gasteiger partial charge in [-0.3, -0.25) is 4.79 Å². The topological polar surface area (TPSA) is 58.6 Å². The van der Waals surface area contributed by atoms with Crippen LogP contribution in [0.3, 0.4) is 0 Å². The highest BCUT2D eigenvalue weighted by Gasteiger charge is 2.23. The number of esters is 1. The van der Waals surface area contributed by atoms with Gasteiger partial charge < -0.3 is 15.0 Å². The van der Waals surface area contributed by atoms with Gasteiger partial charge in [-0.15, -0.1) is 12.6 Å². The standard InChI is InChI=1S/C31H29ClN2O3.C6HF5S/c1-23-7-9-25(10-8-23)21-34(30(35)20-33-19-24-11-15-28(32)16-12-24)29-17-13-27(14-18-29)31(36)37-22-26-5-3-2-4-6-26;7-1-2(8)4(10)6(12)5(11)3(1)9/h2-18,33H,19-22H2,1H3;12H. The van der Waals surface area contributed by atoms with Crippen molar-refractivity contribution in [3.8, 4) is 0 Å². The minimum Gasteiger partial charge on any atom is -0.457 e. The number of ether oxygens (including phenoxy) is 1. The van der Waals surface area contributed by atoms with E-state index in [1.165, 1.54) is 0 Å². The number of amides is 1. The number of thiol groups is 1. The predicted molar refractivity (Wildman–Crippen MR) is 181 cm³/mol. The summed E-state index contributed by atoms with van der Waals surface area (Å²) in [6, 6.07) is 32.1. The lowest BCUT2D eigenvalue weighted by molar-refractivity contribution is -0.118. The molecule has 0 saturated carbocycles. The van der Waals surface area contributed by atoms with Crippen LogP contribution >= 0.6 is 24.2 Å². The molecule has 0 saturated heterocycles. The van der Waals surface area contributed by atoms with Crippen LogP contribution in [0.25, 0.3) is 0 Å². The summed E-state index contributed by atoms with van der Waals surface area (Å²) < 4.78 is 66.7. The molecule has 5 rings (SSSR count). The van der Waals surface area contributed by atoms with Crippen LogP contribution in [0.15, 0.2) is 108 Å². The maximum Gasteiger partial charge on any atom is 0.338 e. The Morgan fingerprint density at radius 2 is 1.27 bits per heavy atom. The maximum absolute atomic E-state index is 13.3. The number of nitrogens with zero attached hydrogens (tertiary/aromatic N) is 1. The number of nitrogens with one attached hydrogen (secondary N) is 1. The number of halogens is 6. The van der Waals surface area contributed by atoms with E-state index in [-0.39, 0.29) is 19.1 Å². The van der Waals surface area contributed by atoms with Crippen molar-refractivity contribution in [2.24, 2.45) is 0 Å². The highest BCUT2D eigenvalue weighted by molar-refractivity contribution is 7.80. The largest absolute Gasteiger partial charge is 0.457 e. The number of hydrogen-bond donors (Lipinski definition) is 2. The van der Waals surface area contributed by atoms with Crippen LogP contribution in [0.5, 0.6) is 0 Å². The van der Waals surface area contributed by atoms with Gasteiger partial charge in [0, 0.05) is 17.3 Å². The molecule has 49 heavy (non-hydrogen) atoms. The van der Waals surface area contributed by atoms with Crippen molar-refractivity contribution in [3.05, 3.63) is 165 Å². The molecule has 0 radical (unpaired) electrons. The summed E-state index contributed by atoms with van der Waals surface area (Å²) >= 11 is 9.06. The molecular weight excluding hydrogens is 683 g/mol. The van der Waals surface area contributed by atoms with E-state index >= 15 is 0 Å². The average Bonchev–Trinajstić information content (AvgIpc) is 3.12. The lowest BCUT2D eigenvalue weighted by Gasteiger charge is -2.24. The van der Waals surface area contributed by atoms with E-state index in [0.717, 1.165) is 22.3 Å². The van der Waals surface area contributed by atoms with E-state index < -0.39 is 40.0 Å². The molecular formula is C37H30ClF5N2O3S. The van der Waals surface area contributed by atoms with E-state index in [9.17, 15) is 31.5 Å². The molecule has 1 N–H and O–H groups in total. The number of carbonyl (C=O) groups is 2. The highest BCUT2D eigenvalue weighted by Crippen LogP contribution is 2.25. The second kappa shape index (κ2) is 17.6. The van der Waals surface area contributed by atoms with Crippen molar-refractivity contribution in [2.45, 2.75) is 31.5 Å². The normalized spacial score (nSPS) is 10.6. The van der Waals surface area contributed by atoms with Crippen LogP contribution in [-0.4, -0.2) is 18.4 Å². The molecule has 12 heteroatoms. The summed E-state index contributed by atoms with van der Waals surface area (Å²) in [5.41, 5.74) is 5.28. The number of benzene rings is 5. The molecule has 5 aromatic rings. The summed E-state index contributed by atoms with van der Waals surface area (Å²) in [7, 11) is 0. The Morgan fingerprint density at radius 1 is 0.714 bits per heavy atom. The number of hydrogen-bond acceptors (Lipinski definition) is 5. The predicted octanol–water partition coefficient (Wildman–Crippen LogP) is 9.00. The molecule has 254 valence electrons. The van der Waals surface area contributed by atoms with Crippen LogP contribution in [-0.2, 0) is 29.2 Å². The molecule has 0 fully saturated rings. The Kier molecular flexibility index (Phi) is 13.3. The number of aryl methyl sites for hydroxylation is 1. The van der Waals surface area contributed by atoms with Crippen molar-refractivity contribution < 1.29 is 36.3 Å². The van der Waals surface area contributed by atoms with Crippen LogP contribution in [0, 0.1) is 36.0 Å². The zero-order chi connectivity index (χ0) is 35.5. The van der Waals surface area contributed by atoms with Crippen molar-refractivity contribution >= 4 is 41.8 Å². The highest BCUT2D eigenvalue weighted by atomic mass is 35.5. The van der Waals surface area contributed by atoms with E-state index in [2.05, 4.69) is 17.9 Å². The summed E-state index contributed by atoms with van der Waals surface area (Å²) in [6.45, 7) is 3.37. The Bertz CT molecular complexity index is 1770. The quantitative estimate of drug-likeness (QED) is 0.0499. The van der Waals surface area contributed by atoms with Gasteiger partial charge in [0.05, 0.1) is 23.5 Å². The molecule has 1 amide bonds. The first-order valence-corrected chi connectivity index (χ1v) is 15.6. The molecule has 0 bridgehead atoms. The lowest BCUT2D eigenvalue weighted by Crippen LogP contribution is -2.37. The molecule has 5 aromatic carbocycles. The van der Waals surface area contributed by atoms with Crippen molar-refractivity contribution in [3.63, 3.8) is 0 Å². The van der Waals surface area contributed by atoms with Crippen LogP contribution < -0.4 is 10.2 Å². The van der Waals surface area contributed by atoms with Gasteiger partial charge in [-0.25, -0.2) is 26.7 Å². The number of carbonyl (C=O) groups excluding carboxylic acids is 2. The molecule has 0 atom stereocenters. The van der Waals surface area contributed by atoms with Crippen LogP contribution in [0.2, 0.25) is 5.02 Å². The van der Waals surface area contributed by atoms with E-state index in [0.29, 0.717) is 29.4 Å². The van der Waals surface area contributed by atoms with Crippen LogP contribution in [0.4, 0.5) is 27.6 Å². The average molecular weight is 713 g/mol. The Morgan fingerprint density at radius 3 is 1.86 bits per heavy atom. The Balaban J connectivity index is 0.000000380. The minimum atomic E-state index is -2.18. The second-order valence-electron chi connectivity index (χ2n) is 10.7. The molecule has 0 spiro atoms. The third-order valence-corrected chi connectivity index (χ3v) is 7.74. The molecule has 0 unspecified atom stereocenters. The Hall–Kier alpha value is -4.71. The summed E-state index contributed by atoms with van der Waals surface area (Å²) in [4.78, 5) is 26.4. The van der Waals surface area contributed by atoms with Gasteiger partial charge in [-0.05, 0) is 60.0 Å². The third kappa shape index (κ3) is 10.4. The van der Waals surface area contributed by atoms with Crippen molar-refractivity contribution in [1.29, 1.82) is 0 Å². The summed E-state index contributed by atoms with van der Waals surface area (Å²) in [5.74, 6) is -10.5.